The minimum Gasteiger partial charge on any atom is -0.389 e. The lowest BCUT2D eigenvalue weighted by atomic mass is 9.98. The van der Waals surface area contributed by atoms with Crippen LogP contribution in [0.25, 0.3) is 0 Å². The Labute approximate surface area is 56.3 Å². The Hall–Kier alpha value is -0.0800. The molecule has 0 unspecified atom stereocenters. The van der Waals surface area contributed by atoms with Crippen LogP contribution < -0.4 is 5.32 Å². The Morgan fingerprint density at radius 1 is 1.56 bits per heavy atom. The summed E-state index contributed by atoms with van der Waals surface area (Å²) in [5, 5.41) is 13.7. The van der Waals surface area contributed by atoms with E-state index in [2.05, 4.69) is 5.32 Å². The molecule has 1 aliphatic heterocycles. The molecule has 0 saturated carbocycles. The average Bonchev–Trinajstić information content (AvgIpc) is 2.08. The van der Waals surface area contributed by atoms with E-state index in [4.69, 9.17) is 0 Å². The smallest absolute Gasteiger partial charge is 0.0760 e. The van der Waals surface area contributed by atoms with E-state index in [0.717, 1.165) is 19.4 Å². The summed E-state index contributed by atoms with van der Waals surface area (Å²) in [5.74, 6) is 0. The molecule has 0 spiro atoms. The fraction of sp³-hybridized carbons (Fsp3) is 1.00. The molecule has 1 rings (SSSR count). The molecule has 0 aliphatic carbocycles. The second-order valence-corrected chi connectivity index (χ2v) is 3.22. The van der Waals surface area contributed by atoms with Crippen molar-refractivity contribution in [3.63, 3.8) is 0 Å². The SMILES string of the molecule is CC(C)(O)[C@@H]1CCC[N]1. The summed E-state index contributed by atoms with van der Waals surface area (Å²) in [4.78, 5) is 0. The Balaban J connectivity index is 2.42. The Kier molecular flexibility index (Phi) is 1.78. The van der Waals surface area contributed by atoms with Crippen LogP contribution in [0.4, 0.5) is 0 Å². The minimum atomic E-state index is -0.587. The van der Waals surface area contributed by atoms with Gasteiger partial charge in [-0.2, -0.15) is 0 Å². The zero-order chi connectivity index (χ0) is 6.91. The van der Waals surface area contributed by atoms with Crippen LogP contribution in [0.5, 0.6) is 0 Å². The van der Waals surface area contributed by atoms with Gasteiger partial charge in [0, 0.05) is 6.54 Å². The molecule has 0 amide bonds. The van der Waals surface area contributed by atoms with Crippen molar-refractivity contribution in [3.05, 3.63) is 0 Å². The molecule has 1 aliphatic rings. The predicted molar refractivity (Wildman–Crippen MR) is 36.3 cm³/mol. The number of hydrogen-bond acceptors (Lipinski definition) is 1. The fourth-order valence-corrected chi connectivity index (χ4v) is 1.20. The first-order valence-electron chi connectivity index (χ1n) is 3.49. The highest BCUT2D eigenvalue weighted by Gasteiger charge is 2.29. The van der Waals surface area contributed by atoms with Crippen molar-refractivity contribution < 1.29 is 5.11 Å². The van der Waals surface area contributed by atoms with Gasteiger partial charge in [-0.25, -0.2) is 5.32 Å². The van der Waals surface area contributed by atoms with Gasteiger partial charge >= 0.3 is 0 Å². The Morgan fingerprint density at radius 2 is 2.22 bits per heavy atom. The van der Waals surface area contributed by atoms with Crippen LogP contribution in [0.1, 0.15) is 26.7 Å². The maximum Gasteiger partial charge on any atom is 0.0760 e. The van der Waals surface area contributed by atoms with E-state index in [0.29, 0.717) is 0 Å². The minimum absolute atomic E-state index is 0.192. The van der Waals surface area contributed by atoms with Crippen LogP contribution in [-0.4, -0.2) is 23.3 Å². The third-order valence-corrected chi connectivity index (χ3v) is 1.80. The summed E-state index contributed by atoms with van der Waals surface area (Å²) in [6, 6.07) is 0.192. The lowest BCUT2D eigenvalue weighted by Crippen LogP contribution is -2.39. The zero-order valence-electron chi connectivity index (χ0n) is 6.09. The van der Waals surface area contributed by atoms with Gasteiger partial charge in [0.05, 0.1) is 11.6 Å². The third kappa shape index (κ3) is 1.66. The van der Waals surface area contributed by atoms with Crippen molar-refractivity contribution in [1.82, 2.24) is 5.32 Å². The summed E-state index contributed by atoms with van der Waals surface area (Å²) in [6.07, 6.45) is 2.21. The van der Waals surface area contributed by atoms with Gasteiger partial charge in [-0.15, -0.1) is 0 Å². The second-order valence-electron chi connectivity index (χ2n) is 3.22. The van der Waals surface area contributed by atoms with Crippen molar-refractivity contribution in [2.45, 2.75) is 38.3 Å². The Bertz CT molecular complexity index is 89.6. The summed E-state index contributed by atoms with van der Waals surface area (Å²) < 4.78 is 0. The first kappa shape index (κ1) is 7.03. The highest BCUT2D eigenvalue weighted by atomic mass is 16.3. The van der Waals surface area contributed by atoms with E-state index in [1.807, 2.05) is 13.8 Å². The normalized spacial score (nSPS) is 29.0. The van der Waals surface area contributed by atoms with Crippen molar-refractivity contribution in [1.29, 1.82) is 0 Å². The molecule has 1 saturated heterocycles. The zero-order valence-corrected chi connectivity index (χ0v) is 6.09. The molecule has 1 N–H and O–H groups in total. The molecule has 2 heteroatoms. The van der Waals surface area contributed by atoms with Crippen LogP contribution in [-0.2, 0) is 0 Å². The van der Waals surface area contributed by atoms with E-state index >= 15 is 0 Å². The van der Waals surface area contributed by atoms with Gasteiger partial charge in [-0.3, -0.25) is 0 Å². The maximum absolute atomic E-state index is 9.42. The van der Waals surface area contributed by atoms with Gasteiger partial charge in [-0.1, -0.05) is 0 Å². The monoisotopic (exact) mass is 128 g/mol. The quantitative estimate of drug-likeness (QED) is 0.549. The first-order chi connectivity index (χ1) is 4.11. The molecule has 0 aromatic rings. The van der Waals surface area contributed by atoms with Gasteiger partial charge < -0.3 is 5.11 Å². The molecule has 1 heterocycles. The van der Waals surface area contributed by atoms with Gasteiger partial charge in [0.1, 0.15) is 0 Å². The maximum atomic E-state index is 9.42. The van der Waals surface area contributed by atoms with Crippen LogP contribution in [0.2, 0.25) is 0 Å². The summed E-state index contributed by atoms with van der Waals surface area (Å²) >= 11 is 0. The highest BCUT2D eigenvalue weighted by Crippen LogP contribution is 2.18. The van der Waals surface area contributed by atoms with Crippen molar-refractivity contribution in [3.8, 4) is 0 Å². The number of hydrogen-bond donors (Lipinski definition) is 1. The topological polar surface area (TPSA) is 34.3 Å². The fourth-order valence-electron chi connectivity index (χ4n) is 1.20. The molecule has 0 bridgehead atoms. The summed E-state index contributed by atoms with van der Waals surface area (Å²) in [5.41, 5.74) is -0.587. The summed E-state index contributed by atoms with van der Waals surface area (Å²) in [7, 11) is 0. The number of nitrogens with zero attached hydrogens (tertiary/aromatic N) is 1. The number of rotatable bonds is 1. The lowest BCUT2D eigenvalue weighted by molar-refractivity contribution is 0.0437. The van der Waals surface area contributed by atoms with Crippen LogP contribution in [0, 0.1) is 0 Å². The van der Waals surface area contributed by atoms with Crippen LogP contribution in [0.3, 0.4) is 0 Å². The molecule has 53 valence electrons. The lowest BCUT2D eigenvalue weighted by Gasteiger charge is -2.23. The number of aliphatic hydroxyl groups is 1. The molecule has 1 radical (unpaired) electrons. The van der Waals surface area contributed by atoms with Crippen LogP contribution in [0.15, 0.2) is 0 Å². The van der Waals surface area contributed by atoms with E-state index in [1.54, 1.807) is 0 Å². The standard InChI is InChI=1S/C7H14NO/c1-7(2,9)6-4-3-5-8-6/h6,9H,3-5H2,1-2H3/t6-/m0/s1. The Morgan fingerprint density at radius 3 is 2.44 bits per heavy atom. The molecule has 1 atom stereocenters. The molecule has 9 heavy (non-hydrogen) atoms. The largest absolute Gasteiger partial charge is 0.389 e. The highest BCUT2D eigenvalue weighted by molar-refractivity contribution is 4.87. The molecular weight excluding hydrogens is 114 g/mol. The van der Waals surface area contributed by atoms with Gasteiger partial charge in [0.25, 0.3) is 0 Å². The van der Waals surface area contributed by atoms with E-state index in [-0.39, 0.29) is 6.04 Å². The molecule has 1 fully saturated rings. The molecule has 2 nitrogen and oxygen atoms in total. The van der Waals surface area contributed by atoms with Crippen LogP contribution >= 0.6 is 0 Å². The molecular formula is C7H14NO. The predicted octanol–water partition coefficient (Wildman–Crippen LogP) is 0.524. The third-order valence-electron chi connectivity index (χ3n) is 1.80. The average molecular weight is 128 g/mol. The van der Waals surface area contributed by atoms with Crippen molar-refractivity contribution in [2.75, 3.05) is 6.54 Å². The summed E-state index contributed by atoms with van der Waals surface area (Å²) in [6.45, 7) is 4.59. The van der Waals surface area contributed by atoms with E-state index < -0.39 is 5.60 Å². The van der Waals surface area contributed by atoms with Gasteiger partial charge in [0.2, 0.25) is 0 Å². The van der Waals surface area contributed by atoms with Crippen molar-refractivity contribution >= 4 is 0 Å². The molecule has 0 aromatic carbocycles. The first-order valence-corrected chi connectivity index (χ1v) is 3.49. The van der Waals surface area contributed by atoms with Gasteiger partial charge in [0.15, 0.2) is 0 Å². The molecule has 0 aromatic heterocycles. The van der Waals surface area contributed by atoms with Crippen molar-refractivity contribution in [2.24, 2.45) is 0 Å². The van der Waals surface area contributed by atoms with Gasteiger partial charge in [-0.05, 0) is 26.7 Å². The van der Waals surface area contributed by atoms with E-state index in [1.165, 1.54) is 0 Å². The second kappa shape index (κ2) is 2.27. The van der Waals surface area contributed by atoms with E-state index in [9.17, 15) is 5.11 Å².